The van der Waals surface area contributed by atoms with Crippen LogP contribution in [0.2, 0.25) is 0 Å². The first-order chi connectivity index (χ1) is 11.4. The van der Waals surface area contributed by atoms with Crippen LogP contribution >= 0.6 is 11.3 Å². The summed E-state index contributed by atoms with van der Waals surface area (Å²) in [6, 6.07) is 7.01. The molecule has 0 aliphatic heterocycles. The molecule has 0 spiro atoms. The quantitative estimate of drug-likeness (QED) is 0.832. The first-order valence-electron chi connectivity index (χ1n) is 7.51. The average Bonchev–Trinajstić information content (AvgIpc) is 3.03. The van der Waals surface area contributed by atoms with Gasteiger partial charge in [-0.05, 0) is 17.7 Å². The van der Waals surface area contributed by atoms with E-state index >= 15 is 0 Å². The van der Waals surface area contributed by atoms with E-state index in [-0.39, 0.29) is 12.5 Å². The Morgan fingerprint density at radius 3 is 2.50 bits per heavy atom. The van der Waals surface area contributed by atoms with Gasteiger partial charge in [-0.25, -0.2) is 9.78 Å². The number of aliphatic carboxylic acids is 1. The molecule has 1 N–H and O–H groups in total. The Morgan fingerprint density at radius 2 is 1.96 bits per heavy atom. The largest absolute Gasteiger partial charge is 0.482 e. The van der Waals surface area contributed by atoms with Crippen LogP contribution in [-0.4, -0.2) is 40.5 Å². The molecule has 1 amide bonds. The van der Waals surface area contributed by atoms with Crippen LogP contribution in [0.15, 0.2) is 30.5 Å². The van der Waals surface area contributed by atoms with Crippen molar-refractivity contribution in [1.82, 2.24) is 9.88 Å². The van der Waals surface area contributed by atoms with E-state index < -0.39 is 5.97 Å². The summed E-state index contributed by atoms with van der Waals surface area (Å²) in [6.45, 7) is 4.17. The molecule has 1 aromatic heterocycles. The van der Waals surface area contributed by atoms with Gasteiger partial charge >= 0.3 is 5.97 Å². The second-order valence-corrected chi connectivity index (χ2v) is 6.77. The van der Waals surface area contributed by atoms with E-state index in [1.54, 1.807) is 30.3 Å². The summed E-state index contributed by atoms with van der Waals surface area (Å²) >= 11 is 1.42. The van der Waals surface area contributed by atoms with Crippen molar-refractivity contribution in [3.8, 4) is 5.75 Å². The van der Waals surface area contributed by atoms with Gasteiger partial charge in [-0.15, -0.1) is 11.3 Å². The van der Waals surface area contributed by atoms with Crippen molar-refractivity contribution in [2.75, 3.05) is 13.7 Å². The van der Waals surface area contributed by atoms with Gasteiger partial charge in [-0.2, -0.15) is 0 Å². The Morgan fingerprint density at radius 1 is 1.29 bits per heavy atom. The third kappa shape index (κ3) is 4.79. The van der Waals surface area contributed by atoms with Crippen molar-refractivity contribution in [3.63, 3.8) is 0 Å². The van der Waals surface area contributed by atoms with Crippen molar-refractivity contribution in [2.24, 2.45) is 0 Å². The zero-order valence-electron chi connectivity index (χ0n) is 13.9. The minimum atomic E-state index is -1.02. The summed E-state index contributed by atoms with van der Waals surface area (Å²) in [6.07, 6.45) is 1.63. The van der Waals surface area contributed by atoms with Gasteiger partial charge in [0.05, 0.1) is 11.2 Å². The van der Waals surface area contributed by atoms with E-state index in [9.17, 15) is 9.59 Å². The number of thiazole rings is 1. The van der Waals surface area contributed by atoms with Crippen molar-refractivity contribution in [1.29, 1.82) is 0 Å². The molecule has 0 fully saturated rings. The number of aromatic nitrogens is 1. The van der Waals surface area contributed by atoms with E-state index in [1.165, 1.54) is 11.3 Å². The van der Waals surface area contributed by atoms with Gasteiger partial charge in [-0.3, -0.25) is 4.79 Å². The highest BCUT2D eigenvalue weighted by atomic mass is 32.1. The van der Waals surface area contributed by atoms with Crippen LogP contribution < -0.4 is 4.74 Å². The van der Waals surface area contributed by atoms with Crippen LogP contribution in [0.4, 0.5) is 0 Å². The number of carboxylic acids is 1. The van der Waals surface area contributed by atoms with Gasteiger partial charge in [0.2, 0.25) is 0 Å². The van der Waals surface area contributed by atoms with Gasteiger partial charge in [0.1, 0.15) is 10.6 Å². The van der Waals surface area contributed by atoms with Gasteiger partial charge in [0.25, 0.3) is 5.91 Å². The Kier molecular flexibility index (Phi) is 5.92. The fourth-order valence-corrected chi connectivity index (χ4v) is 2.94. The number of carboxylic acid groups (broad SMARTS) is 1. The highest BCUT2D eigenvalue weighted by Gasteiger charge is 2.16. The Hall–Kier alpha value is -2.41. The van der Waals surface area contributed by atoms with Crippen LogP contribution in [0.3, 0.4) is 0 Å². The lowest BCUT2D eigenvalue weighted by atomic mass is 10.2. The van der Waals surface area contributed by atoms with E-state index in [1.807, 2.05) is 26.0 Å². The predicted octanol–water partition coefficient (Wildman–Crippen LogP) is 3.00. The van der Waals surface area contributed by atoms with Crippen molar-refractivity contribution in [2.45, 2.75) is 26.3 Å². The van der Waals surface area contributed by atoms with E-state index in [4.69, 9.17) is 9.84 Å². The van der Waals surface area contributed by atoms with Crippen LogP contribution in [0, 0.1) is 0 Å². The zero-order valence-corrected chi connectivity index (χ0v) is 14.7. The fraction of sp³-hybridized carbons (Fsp3) is 0.353. The first-order valence-corrected chi connectivity index (χ1v) is 8.33. The number of amides is 1. The standard InChI is InChI=1S/C17H20N2O4S/c1-11(2)16-18-8-14(24-16)17(22)19(3)9-12-4-6-13(7-5-12)23-10-15(20)21/h4-8,11H,9-10H2,1-3H3,(H,20,21). The molecule has 24 heavy (non-hydrogen) atoms. The monoisotopic (exact) mass is 348 g/mol. The van der Waals surface area contributed by atoms with E-state index in [0.717, 1.165) is 10.6 Å². The fourth-order valence-electron chi connectivity index (χ4n) is 2.02. The molecule has 6 nitrogen and oxygen atoms in total. The number of carbonyl (C=O) groups excluding carboxylic acids is 1. The Bertz CT molecular complexity index is 710. The lowest BCUT2D eigenvalue weighted by Gasteiger charge is -2.16. The lowest BCUT2D eigenvalue weighted by Crippen LogP contribution is -2.25. The molecule has 7 heteroatoms. The molecule has 0 aliphatic rings. The molecule has 1 heterocycles. The molecule has 0 radical (unpaired) electrons. The maximum atomic E-state index is 12.4. The zero-order chi connectivity index (χ0) is 17.7. The summed E-state index contributed by atoms with van der Waals surface area (Å²) in [4.78, 5) is 29.4. The lowest BCUT2D eigenvalue weighted by molar-refractivity contribution is -0.139. The molecular weight excluding hydrogens is 328 g/mol. The number of carbonyl (C=O) groups is 2. The van der Waals surface area contributed by atoms with Crippen LogP contribution in [-0.2, 0) is 11.3 Å². The van der Waals surface area contributed by atoms with Crippen molar-refractivity contribution < 1.29 is 19.4 Å². The third-order valence-corrected chi connectivity index (χ3v) is 4.57. The van der Waals surface area contributed by atoms with Crippen LogP contribution in [0.25, 0.3) is 0 Å². The molecule has 0 atom stereocenters. The van der Waals surface area contributed by atoms with Gasteiger partial charge in [0.15, 0.2) is 6.61 Å². The topological polar surface area (TPSA) is 79.7 Å². The minimum Gasteiger partial charge on any atom is -0.482 e. The van der Waals surface area contributed by atoms with Gasteiger partial charge in [-0.1, -0.05) is 26.0 Å². The van der Waals surface area contributed by atoms with Crippen LogP contribution in [0.1, 0.15) is 40.0 Å². The SMILES string of the molecule is CC(C)c1ncc(C(=O)N(C)Cc2ccc(OCC(=O)O)cc2)s1. The molecule has 0 unspecified atom stereocenters. The number of benzene rings is 1. The summed E-state index contributed by atoms with van der Waals surface area (Å²) in [7, 11) is 1.74. The smallest absolute Gasteiger partial charge is 0.341 e. The highest BCUT2D eigenvalue weighted by molar-refractivity contribution is 7.13. The highest BCUT2D eigenvalue weighted by Crippen LogP contribution is 2.22. The third-order valence-electron chi connectivity index (χ3n) is 3.28. The maximum Gasteiger partial charge on any atom is 0.341 e. The van der Waals surface area contributed by atoms with E-state index in [2.05, 4.69) is 4.98 Å². The number of hydrogen-bond acceptors (Lipinski definition) is 5. The Balaban J connectivity index is 1.96. The summed E-state index contributed by atoms with van der Waals surface area (Å²) < 4.78 is 5.08. The summed E-state index contributed by atoms with van der Waals surface area (Å²) in [5.74, 6) is -0.292. The number of rotatable bonds is 7. The molecule has 1 aromatic carbocycles. The van der Waals surface area contributed by atoms with E-state index in [0.29, 0.717) is 23.1 Å². The van der Waals surface area contributed by atoms with Crippen molar-refractivity contribution >= 4 is 23.2 Å². The summed E-state index contributed by atoms with van der Waals surface area (Å²) in [5.41, 5.74) is 0.933. The molecule has 0 bridgehead atoms. The van der Waals surface area contributed by atoms with Crippen molar-refractivity contribution in [3.05, 3.63) is 45.9 Å². The summed E-state index contributed by atoms with van der Waals surface area (Å²) in [5, 5.41) is 9.53. The van der Waals surface area contributed by atoms with Crippen LogP contribution in [0.5, 0.6) is 5.75 Å². The number of nitrogens with zero attached hydrogens (tertiary/aromatic N) is 2. The average molecular weight is 348 g/mol. The molecule has 2 rings (SSSR count). The molecule has 2 aromatic rings. The Labute approximate surface area is 144 Å². The predicted molar refractivity (Wildman–Crippen MR) is 91.6 cm³/mol. The second-order valence-electron chi connectivity index (χ2n) is 5.71. The number of ether oxygens (including phenoxy) is 1. The second kappa shape index (κ2) is 7.92. The molecule has 0 saturated heterocycles. The first kappa shape index (κ1) is 17.9. The minimum absolute atomic E-state index is 0.0643. The molecule has 0 aliphatic carbocycles. The van der Waals surface area contributed by atoms with Gasteiger partial charge < -0.3 is 14.7 Å². The van der Waals surface area contributed by atoms with Gasteiger partial charge in [0, 0.05) is 19.5 Å². The molecular formula is C17H20N2O4S. The maximum absolute atomic E-state index is 12.4. The molecule has 0 saturated carbocycles. The number of hydrogen-bond donors (Lipinski definition) is 1. The normalized spacial score (nSPS) is 10.7. The molecule has 128 valence electrons.